The van der Waals surface area contributed by atoms with Gasteiger partial charge in [0.05, 0.1) is 17.7 Å². The van der Waals surface area contributed by atoms with Crippen molar-refractivity contribution < 1.29 is 19.2 Å². The monoisotopic (exact) mass is 493 g/mol. The number of carbonyl (C=O) groups is 1. The average Bonchev–Trinajstić information content (AvgIpc) is 2.84. The number of ether oxygens (including phenoxy) is 2. The van der Waals surface area contributed by atoms with Crippen LogP contribution in [0.15, 0.2) is 78.4 Å². The molecule has 0 aliphatic heterocycles. The number of non-ortho nitro benzene ring substituents is 1. The zero-order valence-corrected chi connectivity index (χ0v) is 19.8. The van der Waals surface area contributed by atoms with Gasteiger partial charge >= 0.3 is 0 Å². The standard InChI is InChI=1S/C26H24ClN3O5/c1-3-5-21-14-19(16-28-29-26(31)20-8-10-22(27)11-9-20)15-24(34-4-2)25(21)35-17-18-6-12-23(13-7-18)30(32)33/h3,6-16H,1,4-5,17H2,2H3,(H,29,31)/b28-16-. The molecule has 35 heavy (non-hydrogen) atoms. The smallest absolute Gasteiger partial charge is 0.271 e. The second kappa shape index (κ2) is 12.3. The van der Waals surface area contributed by atoms with Crippen LogP contribution >= 0.6 is 11.6 Å². The lowest BCUT2D eigenvalue weighted by Gasteiger charge is -2.16. The van der Waals surface area contributed by atoms with Crippen molar-refractivity contribution in [3.63, 3.8) is 0 Å². The molecule has 0 spiro atoms. The van der Waals surface area contributed by atoms with Crippen molar-refractivity contribution in [1.82, 2.24) is 5.43 Å². The van der Waals surface area contributed by atoms with Gasteiger partial charge < -0.3 is 9.47 Å². The van der Waals surface area contributed by atoms with Crippen LogP contribution < -0.4 is 14.9 Å². The van der Waals surface area contributed by atoms with Gasteiger partial charge in [-0.2, -0.15) is 5.10 Å². The van der Waals surface area contributed by atoms with Crippen molar-refractivity contribution in [3.05, 3.63) is 111 Å². The van der Waals surface area contributed by atoms with Crippen LogP contribution in [-0.4, -0.2) is 23.7 Å². The maximum Gasteiger partial charge on any atom is 0.271 e. The summed E-state index contributed by atoms with van der Waals surface area (Å²) in [6.07, 6.45) is 3.77. The number of allylic oxidation sites excluding steroid dienone is 1. The Kier molecular flexibility index (Phi) is 8.97. The molecule has 3 aromatic carbocycles. The van der Waals surface area contributed by atoms with Gasteiger partial charge in [0.15, 0.2) is 11.5 Å². The van der Waals surface area contributed by atoms with Gasteiger partial charge in [0.2, 0.25) is 0 Å². The van der Waals surface area contributed by atoms with E-state index in [1.807, 2.05) is 13.0 Å². The predicted molar refractivity (Wildman–Crippen MR) is 135 cm³/mol. The number of nitro groups is 1. The molecule has 0 radical (unpaired) electrons. The summed E-state index contributed by atoms with van der Waals surface area (Å²) in [5.74, 6) is 0.698. The Morgan fingerprint density at radius 2 is 1.86 bits per heavy atom. The molecule has 8 nitrogen and oxygen atoms in total. The summed E-state index contributed by atoms with van der Waals surface area (Å²) in [4.78, 5) is 22.7. The van der Waals surface area contributed by atoms with Crippen molar-refractivity contribution >= 4 is 29.4 Å². The van der Waals surface area contributed by atoms with E-state index in [1.165, 1.54) is 18.3 Å². The molecule has 0 fully saturated rings. The molecule has 1 amide bonds. The normalized spacial score (nSPS) is 10.7. The highest BCUT2D eigenvalue weighted by molar-refractivity contribution is 6.30. The van der Waals surface area contributed by atoms with E-state index in [0.717, 1.165) is 11.1 Å². The first-order chi connectivity index (χ1) is 16.9. The molecule has 0 aromatic heterocycles. The summed E-state index contributed by atoms with van der Waals surface area (Å²) in [7, 11) is 0. The van der Waals surface area contributed by atoms with Crippen LogP contribution in [0.2, 0.25) is 5.02 Å². The lowest BCUT2D eigenvalue weighted by atomic mass is 10.1. The van der Waals surface area contributed by atoms with Gasteiger partial charge in [0, 0.05) is 28.3 Å². The first-order valence-electron chi connectivity index (χ1n) is 10.8. The molecule has 0 saturated carbocycles. The van der Waals surface area contributed by atoms with Crippen LogP contribution in [0, 0.1) is 10.1 Å². The molecule has 0 aliphatic carbocycles. The molecule has 0 saturated heterocycles. The van der Waals surface area contributed by atoms with E-state index in [-0.39, 0.29) is 18.2 Å². The van der Waals surface area contributed by atoms with Crippen LogP contribution in [0.3, 0.4) is 0 Å². The molecular weight excluding hydrogens is 470 g/mol. The van der Waals surface area contributed by atoms with E-state index in [4.69, 9.17) is 21.1 Å². The maximum absolute atomic E-state index is 12.3. The molecule has 9 heteroatoms. The van der Waals surface area contributed by atoms with E-state index >= 15 is 0 Å². The number of halogens is 1. The second-order valence-corrected chi connectivity index (χ2v) is 7.79. The zero-order valence-electron chi connectivity index (χ0n) is 19.1. The lowest BCUT2D eigenvalue weighted by Crippen LogP contribution is -2.17. The first kappa shape index (κ1) is 25.5. The quantitative estimate of drug-likeness (QED) is 0.159. The number of nitro benzene ring substituents is 1. The van der Waals surface area contributed by atoms with Gasteiger partial charge in [-0.15, -0.1) is 6.58 Å². The van der Waals surface area contributed by atoms with Crippen molar-refractivity contribution in [2.24, 2.45) is 5.10 Å². The highest BCUT2D eigenvalue weighted by Crippen LogP contribution is 2.34. The third kappa shape index (κ3) is 7.15. The highest BCUT2D eigenvalue weighted by atomic mass is 35.5. The molecule has 1 N–H and O–H groups in total. The van der Waals surface area contributed by atoms with Crippen LogP contribution in [0.5, 0.6) is 11.5 Å². The van der Waals surface area contributed by atoms with Gasteiger partial charge in [0.25, 0.3) is 11.6 Å². The maximum atomic E-state index is 12.3. The van der Waals surface area contributed by atoms with E-state index < -0.39 is 4.92 Å². The van der Waals surface area contributed by atoms with Crippen LogP contribution in [0.25, 0.3) is 0 Å². The fourth-order valence-electron chi connectivity index (χ4n) is 3.19. The van der Waals surface area contributed by atoms with Crippen molar-refractivity contribution in [3.8, 4) is 11.5 Å². The molecule has 0 heterocycles. The molecular formula is C26H24ClN3O5. The van der Waals surface area contributed by atoms with Crippen LogP contribution in [0.1, 0.15) is 34.0 Å². The lowest BCUT2D eigenvalue weighted by molar-refractivity contribution is -0.384. The number of amides is 1. The van der Waals surface area contributed by atoms with Gasteiger partial charge in [-0.1, -0.05) is 17.7 Å². The average molecular weight is 494 g/mol. The van der Waals surface area contributed by atoms with Gasteiger partial charge in [-0.25, -0.2) is 5.43 Å². The SMILES string of the molecule is C=CCc1cc(/C=N\NC(=O)c2ccc(Cl)cc2)cc(OCC)c1OCc1ccc([N+](=O)[O-])cc1. The second-order valence-electron chi connectivity index (χ2n) is 7.35. The molecule has 0 aliphatic rings. The molecule has 3 rings (SSSR count). The van der Waals surface area contributed by atoms with Gasteiger partial charge in [-0.3, -0.25) is 14.9 Å². The minimum atomic E-state index is -0.446. The van der Waals surface area contributed by atoms with E-state index in [2.05, 4.69) is 17.1 Å². The Hall–Kier alpha value is -4.17. The zero-order chi connectivity index (χ0) is 25.2. The first-order valence-corrected chi connectivity index (χ1v) is 11.1. The van der Waals surface area contributed by atoms with Crippen molar-refractivity contribution in [2.75, 3.05) is 6.61 Å². The van der Waals surface area contributed by atoms with E-state index in [1.54, 1.807) is 48.5 Å². The number of nitrogens with zero attached hydrogens (tertiary/aromatic N) is 2. The summed E-state index contributed by atoms with van der Waals surface area (Å²) in [5.41, 5.74) is 5.23. The summed E-state index contributed by atoms with van der Waals surface area (Å²) in [5, 5.41) is 15.5. The van der Waals surface area contributed by atoms with Crippen molar-refractivity contribution in [2.45, 2.75) is 20.0 Å². The number of hydrogen-bond acceptors (Lipinski definition) is 6. The fourth-order valence-corrected chi connectivity index (χ4v) is 3.32. The Balaban J connectivity index is 1.79. The Bertz CT molecular complexity index is 1220. The minimum absolute atomic E-state index is 0.0166. The van der Waals surface area contributed by atoms with E-state index in [9.17, 15) is 14.9 Å². The Labute approximate surface area is 208 Å². The fraction of sp³-hybridized carbons (Fsp3) is 0.154. The summed E-state index contributed by atoms with van der Waals surface area (Å²) in [6.45, 7) is 6.29. The third-order valence-corrected chi connectivity index (χ3v) is 5.09. The number of nitrogens with one attached hydrogen (secondary N) is 1. The number of rotatable bonds is 11. The third-order valence-electron chi connectivity index (χ3n) is 4.83. The molecule has 180 valence electrons. The number of hydrogen-bond donors (Lipinski definition) is 1. The molecule has 0 atom stereocenters. The number of carbonyl (C=O) groups excluding carboxylic acids is 1. The van der Waals surface area contributed by atoms with Gasteiger partial charge in [-0.05, 0) is 73.0 Å². The minimum Gasteiger partial charge on any atom is -0.490 e. The number of hydrazone groups is 1. The van der Waals surface area contributed by atoms with Crippen molar-refractivity contribution in [1.29, 1.82) is 0 Å². The Morgan fingerprint density at radius 3 is 2.49 bits per heavy atom. The summed E-state index contributed by atoms with van der Waals surface area (Å²) >= 11 is 5.85. The topological polar surface area (TPSA) is 103 Å². The molecule has 0 bridgehead atoms. The van der Waals surface area contributed by atoms with E-state index in [0.29, 0.717) is 40.7 Å². The predicted octanol–water partition coefficient (Wildman–Crippen LogP) is 5.72. The van der Waals surface area contributed by atoms with Crippen LogP contribution in [-0.2, 0) is 13.0 Å². The summed E-state index contributed by atoms with van der Waals surface area (Å²) < 4.78 is 11.9. The summed E-state index contributed by atoms with van der Waals surface area (Å²) in [6, 6.07) is 16.3. The van der Waals surface area contributed by atoms with Gasteiger partial charge in [0.1, 0.15) is 6.61 Å². The highest BCUT2D eigenvalue weighted by Gasteiger charge is 2.14. The molecule has 0 unspecified atom stereocenters. The molecule has 3 aromatic rings. The van der Waals surface area contributed by atoms with Crippen LogP contribution in [0.4, 0.5) is 5.69 Å². The largest absolute Gasteiger partial charge is 0.490 e. The Morgan fingerprint density at radius 1 is 1.14 bits per heavy atom. The number of benzene rings is 3.